The number of benzene rings is 2. The molecule has 1 aliphatic rings. The van der Waals surface area contributed by atoms with E-state index in [2.05, 4.69) is 0 Å². The van der Waals surface area contributed by atoms with E-state index >= 15 is 0 Å². The van der Waals surface area contributed by atoms with Gasteiger partial charge in [0.1, 0.15) is 17.4 Å². The predicted octanol–water partition coefficient (Wildman–Crippen LogP) is 5.26. The van der Waals surface area contributed by atoms with Crippen molar-refractivity contribution in [2.75, 3.05) is 20.3 Å². The van der Waals surface area contributed by atoms with E-state index in [1.807, 2.05) is 81.6 Å². The minimum atomic E-state index is -0.579. The lowest BCUT2D eigenvalue weighted by Crippen LogP contribution is -2.43. The zero-order valence-corrected chi connectivity index (χ0v) is 22.9. The third-order valence-corrected chi connectivity index (χ3v) is 6.43. The molecular weight excluding hydrogens is 492 g/mol. The number of aryl methyl sites for hydroxylation is 1. The van der Waals surface area contributed by atoms with Crippen LogP contribution in [0.1, 0.15) is 38.3 Å². The van der Waals surface area contributed by atoms with Crippen LogP contribution in [-0.2, 0) is 14.3 Å². The van der Waals surface area contributed by atoms with Gasteiger partial charge in [0.05, 0.1) is 17.5 Å². The van der Waals surface area contributed by atoms with Crippen molar-refractivity contribution in [3.63, 3.8) is 0 Å². The van der Waals surface area contributed by atoms with Gasteiger partial charge in [-0.3, -0.25) is 14.5 Å². The molecule has 1 aliphatic heterocycles. The van der Waals surface area contributed by atoms with Gasteiger partial charge in [0, 0.05) is 43.2 Å². The van der Waals surface area contributed by atoms with Crippen LogP contribution >= 0.6 is 0 Å². The van der Waals surface area contributed by atoms with E-state index in [9.17, 15) is 14.9 Å². The van der Waals surface area contributed by atoms with Crippen LogP contribution in [-0.4, -0.2) is 52.9 Å². The minimum absolute atomic E-state index is 0.0405. The van der Waals surface area contributed by atoms with Crippen LogP contribution in [0.4, 0.5) is 0 Å². The van der Waals surface area contributed by atoms with Crippen molar-refractivity contribution in [2.24, 2.45) is 0 Å². The predicted molar refractivity (Wildman–Crippen MR) is 149 cm³/mol. The third-order valence-electron chi connectivity index (χ3n) is 6.43. The Labute approximate surface area is 228 Å². The van der Waals surface area contributed by atoms with Gasteiger partial charge in [-0.2, -0.15) is 10.4 Å². The number of aromatic nitrogens is 2. The molecule has 0 bridgehead atoms. The average Bonchev–Trinajstić information content (AvgIpc) is 3.34. The van der Waals surface area contributed by atoms with E-state index in [-0.39, 0.29) is 23.8 Å². The summed E-state index contributed by atoms with van der Waals surface area (Å²) in [7, 11) is 1.56. The van der Waals surface area contributed by atoms with Crippen LogP contribution < -0.4 is 4.74 Å². The number of nitrogens with zero attached hydrogens (tertiary/aromatic N) is 4. The van der Waals surface area contributed by atoms with Crippen LogP contribution in [0.15, 0.2) is 71.4 Å². The van der Waals surface area contributed by atoms with Crippen molar-refractivity contribution in [1.29, 1.82) is 5.26 Å². The molecule has 1 aromatic heterocycles. The molecule has 39 heavy (non-hydrogen) atoms. The Morgan fingerprint density at radius 2 is 1.82 bits per heavy atom. The number of nitriles is 1. The zero-order valence-electron chi connectivity index (χ0n) is 22.9. The van der Waals surface area contributed by atoms with Crippen LogP contribution in [0.3, 0.4) is 0 Å². The fraction of sp³-hybridized carbons (Fsp3) is 0.290. The van der Waals surface area contributed by atoms with E-state index in [0.717, 1.165) is 27.5 Å². The normalized spacial score (nSPS) is 14.9. The van der Waals surface area contributed by atoms with E-state index in [4.69, 9.17) is 14.6 Å². The molecule has 0 unspecified atom stereocenters. The Bertz CT molecular complexity index is 1490. The summed E-state index contributed by atoms with van der Waals surface area (Å²) in [6, 6.07) is 17.5. The van der Waals surface area contributed by atoms with Gasteiger partial charge in [-0.25, -0.2) is 4.68 Å². The van der Waals surface area contributed by atoms with Crippen LogP contribution in [0, 0.1) is 18.3 Å². The second kappa shape index (κ2) is 11.9. The third kappa shape index (κ3) is 5.84. The molecule has 0 saturated heterocycles. The van der Waals surface area contributed by atoms with E-state index in [1.165, 1.54) is 0 Å². The first kappa shape index (κ1) is 27.6. The number of imide groups is 1. The molecule has 0 atom stereocenters. The number of carbonyl (C=O) groups is 2. The summed E-state index contributed by atoms with van der Waals surface area (Å²) in [4.78, 5) is 27.6. The first-order valence-electron chi connectivity index (χ1n) is 12.9. The van der Waals surface area contributed by atoms with Crippen molar-refractivity contribution >= 4 is 17.9 Å². The Morgan fingerprint density at radius 1 is 1.08 bits per heavy atom. The molecular formula is C31H32N4O4. The highest BCUT2D eigenvalue weighted by Crippen LogP contribution is 2.33. The number of amides is 2. The number of methoxy groups -OCH3 is 1. The van der Waals surface area contributed by atoms with Gasteiger partial charge < -0.3 is 9.47 Å². The Hall–Kier alpha value is -4.48. The molecule has 0 spiro atoms. The lowest BCUT2D eigenvalue weighted by Gasteiger charge is -2.27. The van der Waals surface area contributed by atoms with Gasteiger partial charge >= 0.3 is 0 Å². The maximum Gasteiger partial charge on any atom is 0.271 e. The highest BCUT2D eigenvalue weighted by atomic mass is 16.5. The Kier molecular flexibility index (Phi) is 8.43. The molecule has 200 valence electrons. The number of ether oxygens (including phenoxy) is 2. The summed E-state index contributed by atoms with van der Waals surface area (Å²) in [6.45, 7) is 8.13. The van der Waals surface area contributed by atoms with Crippen molar-refractivity contribution in [2.45, 2.75) is 40.2 Å². The van der Waals surface area contributed by atoms with E-state index in [1.54, 1.807) is 24.8 Å². The molecule has 0 saturated carbocycles. The molecule has 0 N–H and O–H groups in total. The van der Waals surface area contributed by atoms with Gasteiger partial charge in [0.2, 0.25) is 0 Å². The van der Waals surface area contributed by atoms with Gasteiger partial charge in [-0.15, -0.1) is 0 Å². The highest BCUT2D eigenvalue weighted by molar-refractivity contribution is 6.19. The monoisotopic (exact) mass is 524 g/mol. The summed E-state index contributed by atoms with van der Waals surface area (Å²) < 4.78 is 12.8. The maximum absolute atomic E-state index is 13.5. The first-order valence-corrected chi connectivity index (χ1v) is 12.9. The summed E-state index contributed by atoms with van der Waals surface area (Å²) in [6.07, 6.45) is 4.09. The van der Waals surface area contributed by atoms with E-state index in [0.29, 0.717) is 29.9 Å². The molecule has 0 fully saturated rings. The molecule has 2 aromatic carbocycles. The molecule has 4 rings (SSSR count). The summed E-state index contributed by atoms with van der Waals surface area (Å²) in [5.41, 5.74) is 4.61. The van der Waals surface area contributed by atoms with Crippen molar-refractivity contribution in [3.05, 3.63) is 82.6 Å². The topological polar surface area (TPSA) is 97.5 Å². The average molecular weight is 525 g/mol. The minimum Gasteiger partial charge on any atom is -0.491 e. The van der Waals surface area contributed by atoms with Gasteiger partial charge in [0.15, 0.2) is 0 Å². The fourth-order valence-electron chi connectivity index (χ4n) is 4.47. The number of hydrogen-bond acceptors (Lipinski definition) is 6. The number of carbonyl (C=O) groups excluding carboxylic acids is 2. The van der Waals surface area contributed by atoms with Crippen molar-refractivity contribution < 1.29 is 19.1 Å². The molecule has 2 amide bonds. The fourth-order valence-corrected chi connectivity index (χ4v) is 4.47. The Balaban J connectivity index is 1.86. The van der Waals surface area contributed by atoms with Crippen LogP contribution in [0.5, 0.6) is 5.75 Å². The lowest BCUT2D eigenvalue weighted by molar-refractivity contribution is -0.140. The maximum atomic E-state index is 13.5. The standard InChI is InChI=1S/C31H32N4O4/c1-20(2)39-28-13-12-23(16-21(28)3)29-24(19-35(33-29)25-10-7-6-8-11-25)17-26-22(4)27(18-32)31(37)34(30(26)36)14-9-15-38-5/h6-8,10-13,16-17,19-20H,9,14-15H2,1-5H3/b26-17+. The number of hydrogen-bond donors (Lipinski definition) is 0. The molecule has 0 radical (unpaired) electrons. The molecule has 0 aliphatic carbocycles. The molecule has 8 heteroatoms. The van der Waals surface area contributed by atoms with E-state index < -0.39 is 11.8 Å². The highest BCUT2D eigenvalue weighted by Gasteiger charge is 2.35. The van der Waals surface area contributed by atoms with Crippen LogP contribution in [0.2, 0.25) is 0 Å². The number of para-hydroxylation sites is 1. The molecule has 2 heterocycles. The second-order valence-electron chi connectivity index (χ2n) is 9.64. The first-order chi connectivity index (χ1) is 18.7. The smallest absolute Gasteiger partial charge is 0.271 e. The molecule has 8 nitrogen and oxygen atoms in total. The van der Waals surface area contributed by atoms with Gasteiger partial charge in [0.25, 0.3) is 11.8 Å². The summed E-state index contributed by atoms with van der Waals surface area (Å²) in [5, 5.41) is 14.6. The quantitative estimate of drug-likeness (QED) is 0.215. The summed E-state index contributed by atoms with van der Waals surface area (Å²) in [5.74, 6) is -0.228. The molecule has 3 aromatic rings. The van der Waals surface area contributed by atoms with Crippen molar-refractivity contribution in [3.8, 4) is 28.8 Å². The SMILES string of the molecule is COCCCN1C(=O)C(C#N)=C(C)/C(=C\c2cn(-c3ccccc3)nc2-c2ccc(OC(C)C)c(C)c2)C1=O. The zero-order chi connectivity index (χ0) is 28.1. The number of rotatable bonds is 9. The Morgan fingerprint density at radius 3 is 2.46 bits per heavy atom. The van der Waals surface area contributed by atoms with Gasteiger partial charge in [-0.1, -0.05) is 18.2 Å². The van der Waals surface area contributed by atoms with Crippen LogP contribution in [0.25, 0.3) is 23.0 Å². The summed E-state index contributed by atoms with van der Waals surface area (Å²) >= 11 is 0. The lowest BCUT2D eigenvalue weighted by atomic mass is 9.93. The van der Waals surface area contributed by atoms with Gasteiger partial charge in [-0.05, 0) is 81.7 Å². The second-order valence-corrected chi connectivity index (χ2v) is 9.64. The van der Waals surface area contributed by atoms with Crippen molar-refractivity contribution in [1.82, 2.24) is 14.7 Å². The largest absolute Gasteiger partial charge is 0.491 e.